The molecule has 0 aromatic carbocycles. The summed E-state index contributed by atoms with van der Waals surface area (Å²) in [7, 11) is 1.45. The van der Waals surface area contributed by atoms with Gasteiger partial charge in [0.2, 0.25) is 0 Å². The Morgan fingerprint density at radius 2 is 2.07 bits per heavy atom. The van der Waals surface area contributed by atoms with Gasteiger partial charge in [-0.15, -0.1) is 0 Å². The van der Waals surface area contributed by atoms with Gasteiger partial charge in [0.15, 0.2) is 0 Å². The van der Waals surface area contributed by atoms with Crippen molar-refractivity contribution in [3.05, 3.63) is 0 Å². The number of hydrogen-bond acceptors (Lipinski definition) is 3. The summed E-state index contributed by atoms with van der Waals surface area (Å²) in [5.74, 6) is -0.146. The van der Waals surface area contributed by atoms with Crippen molar-refractivity contribution in [2.75, 3.05) is 7.11 Å². The lowest BCUT2D eigenvalue weighted by Crippen LogP contribution is -2.53. The summed E-state index contributed by atoms with van der Waals surface area (Å²) in [6.07, 6.45) is 5.70. The number of carbonyl (C=O) groups is 1. The van der Waals surface area contributed by atoms with Crippen LogP contribution in [0.3, 0.4) is 0 Å². The second kappa shape index (κ2) is 4.78. The molecule has 1 fully saturated rings. The Labute approximate surface area is 86.2 Å². The van der Waals surface area contributed by atoms with Gasteiger partial charge in [-0.1, -0.05) is 19.8 Å². The van der Waals surface area contributed by atoms with Crippen LogP contribution in [0.15, 0.2) is 0 Å². The van der Waals surface area contributed by atoms with E-state index < -0.39 is 5.54 Å². The fourth-order valence-electron chi connectivity index (χ4n) is 2.05. The lowest BCUT2D eigenvalue weighted by atomic mass is 9.97. The summed E-state index contributed by atoms with van der Waals surface area (Å²) in [6.45, 7) is 3.94. The first-order valence-electron chi connectivity index (χ1n) is 5.48. The Balaban J connectivity index is 2.55. The topological polar surface area (TPSA) is 38.3 Å². The standard InChI is InChI=1S/C11H21NO2/c1-4-11(2,10(13)14-3)12-9-7-5-6-8-9/h9,12H,4-8H2,1-3H3/t11-/m1/s1. The second-order valence-corrected chi connectivity index (χ2v) is 4.30. The molecule has 1 aliphatic rings. The van der Waals surface area contributed by atoms with Crippen molar-refractivity contribution < 1.29 is 9.53 Å². The third-order valence-electron chi connectivity index (χ3n) is 3.22. The highest BCUT2D eigenvalue weighted by atomic mass is 16.5. The lowest BCUT2D eigenvalue weighted by molar-refractivity contribution is -0.148. The molecule has 0 saturated heterocycles. The maximum absolute atomic E-state index is 11.6. The van der Waals surface area contributed by atoms with Crippen LogP contribution >= 0.6 is 0 Å². The van der Waals surface area contributed by atoms with Crippen molar-refractivity contribution in [2.24, 2.45) is 0 Å². The molecular formula is C11H21NO2. The highest BCUT2D eigenvalue weighted by Gasteiger charge is 2.34. The number of rotatable bonds is 4. The summed E-state index contributed by atoms with van der Waals surface area (Å²) in [4.78, 5) is 11.6. The smallest absolute Gasteiger partial charge is 0.325 e. The van der Waals surface area contributed by atoms with Crippen LogP contribution in [0.1, 0.15) is 46.0 Å². The average Bonchev–Trinajstić information content (AvgIpc) is 2.68. The van der Waals surface area contributed by atoms with Gasteiger partial charge in [0.25, 0.3) is 0 Å². The van der Waals surface area contributed by atoms with E-state index in [0.717, 1.165) is 6.42 Å². The van der Waals surface area contributed by atoms with Crippen LogP contribution in [0, 0.1) is 0 Å². The van der Waals surface area contributed by atoms with E-state index in [-0.39, 0.29) is 5.97 Å². The van der Waals surface area contributed by atoms with E-state index in [9.17, 15) is 4.79 Å². The molecule has 0 aliphatic heterocycles. The van der Waals surface area contributed by atoms with E-state index in [2.05, 4.69) is 5.32 Å². The van der Waals surface area contributed by atoms with E-state index >= 15 is 0 Å². The van der Waals surface area contributed by atoms with Crippen molar-refractivity contribution in [3.63, 3.8) is 0 Å². The Morgan fingerprint density at radius 1 is 1.50 bits per heavy atom. The predicted octanol–water partition coefficient (Wildman–Crippen LogP) is 1.86. The van der Waals surface area contributed by atoms with Crippen LogP contribution in [0.4, 0.5) is 0 Å². The van der Waals surface area contributed by atoms with Crippen LogP contribution in [0.2, 0.25) is 0 Å². The van der Waals surface area contributed by atoms with Crippen LogP contribution in [-0.4, -0.2) is 24.7 Å². The SMILES string of the molecule is CC[C@@](C)(NC1CCCC1)C(=O)OC. The van der Waals surface area contributed by atoms with Gasteiger partial charge in [-0.2, -0.15) is 0 Å². The highest BCUT2D eigenvalue weighted by Crippen LogP contribution is 2.22. The van der Waals surface area contributed by atoms with Gasteiger partial charge in [-0.05, 0) is 26.2 Å². The zero-order valence-corrected chi connectivity index (χ0v) is 9.43. The zero-order valence-electron chi connectivity index (χ0n) is 9.43. The summed E-state index contributed by atoms with van der Waals surface area (Å²) in [5, 5.41) is 3.42. The maximum Gasteiger partial charge on any atom is 0.325 e. The first-order chi connectivity index (χ1) is 6.62. The highest BCUT2D eigenvalue weighted by molar-refractivity contribution is 5.80. The molecule has 0 heterocycles. The number of esters is 1. The third-order valence-corrected chi connectivity index (χ3v) is 3.22. The summed E-state index contributed by atoms with van der Waals surface area (Å²) in [5.41, 5.74) is -0.496. The molecule has 0 amide bonds. The molecule has 14 heavy (non-hydrogen) atoms. The van der Waals surface area contributed by atoms with Crippen molar-refractivity contribution >= 4 is 5.97 Å². The molecule has 0 radical (unpaired) electrons. The molecule has 82 valence electrons. The van der Waals surface area contributed by atoms with Crippen molar-refractivity contribution in [1.82, 2.24) is 5.32 Å². The van der Waals surface area contributed by atoms with Crippen molar-refractivity contribution in [3.8, 4) is 0 Å². The molecule has 1 atom stereocenters. The molecule has 0 aromatic rings. The third kappa shape index (κ3) is 2.47. The van der Waals surface area contributed by atoms with E-state index in [0.29, 0.717) is 6.04 Å². The van der Waals surface area contributed by atoms with Gasteiger partial charge in [0, 0.05) is 6.04 Å². The molecule has 1 aliphatic carbocycles. The number of ether oxygens (including phenoxy) is 1. The minimum Gasteiger partial charge on any atom is -0.468 e. The monoisotopic (exact) mass is 199 g/mol. The minimum absolute atomic E-state index is 0.146. The molecule has 1 rings (SSSR count). The first kappa shape index (κ1) is 11.5. The normalized spacial score (nSPS) is 21.9. The molecule has 3 heteroatoms. The molecule has 0 spiro atoms. The van der Waals surface area contributed by atoms with E-state index in [1.807, 2.05) is 13.8 Å². The molecule has 1 N–H and O–H groups in total. The zero-order chi connectivity index (χ0) is 10.6. The molecule has 0 bridgehead atoms. The van der Waals surface area contributed by atoms with E-state index in [4.69, 9.17) is 4.74 Å². The average molecular weight is 199 g/mol. The molecule has 0 aromatic heterocycles. The second-order valence-electron chi connectivity index (χ2n) is 4.30. The van der Waals surface area contributed by atoms with Crippen molar-refractivity contribution in [2.45, 2.75) is 57.5 Å². The van der Waals surface area contributed by atoms with Gasteiger partial charge in [-0.3, -0.25) is 10.1 Å². The fourth-order valence-corrected chi connectivity index (χ4v) is 2.05. The van der Waals surface area contributed by atoms with Gasteiger partial charge in [0.05, 0.1) is 7.11 Å². The van der Waals surface area contributed by atoms with Crippen LogP contribution < -0.4 is 5.32 Å². The summed E-state index contributed by atoms with van der Waals surface area (Å²) < 4.78 is 4.82. The lowest BCUT2D eigenvalue weighted by Gasteiger charge is -2.30. The number of carbonyl (C=O) groups excluding carboxylic acids is 1. The summed E-state index contributed by atoms with van der Waals surface area (Å²) >= 11 is 0. The van der Waals surface area contributed by atoms with Crippen molar-refractivity contribution in [1.29, 1.82) is 0 Å². The molecule has 0 unspecified atom stereocenters. The van der Waals surface area contributed by atoms with Crippen LogP contribution in [0.5, 0.6) is 0 Å². The van der Waals surface area contributed by atoms with Gasteiger partial charge >= 0.3 is 5.97 Å². The van der Waals surface area contributed by atoms with Gasteiger partial charge in [-0.25, -0.2) is 0 Å². The van der Waals surface area contributed by atoms with Crippen LogP contribution in [0.25, 0.3) is 0 Å². The van der Waals surface area contributed by atoms with Crippen LogP contribution in [-0.2, 0) is 9.53 Å². The number of hydrogen-bond donors (Lipinski definition) is 1. The van der Waals surface area contributed by atoms with E-state index in [1.54, 1.807) is 0 Å². The van der Waals surface area contributed by atoms with Gasteiger partial charge in [0.1, 0.15) is 5.54 Å². The Hall–Kier alpha value is -0.570. The van der Waals surface area contributed by atoms with E-state index in [1.165, 1.54) is 32.8 Å². The Morgan fingerprint density at radius 3 is 2.50 bits per heavy atom. The quantitative estimate of drug-likeness (QED) is 0.702. The van der Waals surface area contributed by atoms with Gasteiger partial charge < -0.3 is 4.74 Å². The molecular weight excluding hydrogens is 178 g/mol. The minimum atomic E-state index is -0.496. The fraction of sp³-hybridized carbons (Fsp3) is 0.909. The maximum atomic E-state index is 11.6. The largest absolute Gasteiger partial charge is 0.468 e. The Bertz CT molecular complexity index is 199. The Kier molecular flexibility index (Phi) is 3.93. The predicted molar refractivity (Wildman–Crippen MR) is 56.1 cm³/mol. The number of methoxy groups -OCH3 is 1. The first-order valence-corrected chi connectivity index (χ1v) is 5.48. The molecule has 3 nitrogen and oxygen atoms in total. The molecule has 1 saturated carbocycles. The summed E-state index contributed by atoms with van der Waals surface area (Å²) in [6, 6.07) is 0.499. The number of nitrogens with one attached hydrogen (secondary N) is 1.